The van der Waals surface area contributed by atoms with Gasteiger partial charge in [0, 0.05) is 23.1 Å². The molecule has 0 saturated heterocycles. The number of aryl methyl sites for hydroxylation is 2. The van der Waals surface area contributed by atoms with Crippen molar-refractivity contribution in [2.45, 2.75) is 34.1 Å². The monoisotopic (exact) mass is 379 g/mol. The summed E-state index contributed by atoms with van der Waals surface area (Å²) >= 11 is 5.78. The topological polar surface area (TPSA) is 30.7 Å². The Labute approximate surface area is 166 Å². The van der Waals surface area contributed by atoms with E-state index in [0.29, 0.717) is 0 Å². The predicted molar refractivity (Wildman–Crippen MR) is 116 cm³/mol. The van der Waals surface area contributed by atoms with Crippen molar-refractivity contribution in [3.63, 3.8) is 0 Å². The number of benzene rings is 2. The second kappa shape index (κ2) is 10.5. The lowest BCUT2D eigenvalue weighted by Gasteiger charge is -2.03. The van der Waals surface area contributed by atoms with Crippen molar-refractivity contribution in [2.75, 3.05) is 0 Å². The Balaban J connectivity index is 0.000000203. The lowest BCUT2D eigenvalue weighted by molar-refractivity contribution is 1.09. The number of hydrogen-bond acceptors (Lipinski definition) is 2. The van der Waals surface area contributed by atoms with Gasteiger partial charge in [-0.2, -0.15) is 0 Å². The number of fused-ring (bicyclic) bond motifs is 1. The summed E-state index contributed by atoms with van der Waals surface area (Å²) in [5, 5.41) is 0.813. The molecular formula is C23H26ClN3. The maximum atomic E-state index is 5.78. The number of pyridine rings is 1. The summed E-state index contributed by atoms with van der Waals surface area (Å²) in [5.41, 5.74) is 5.69. The van der Waals surface area contributed by atoms with Gasteiger partial charge in [0.1, 0.15) is 6.33 Å². The minimum absolute atomic E-state index is 0.813. The van der Waals surface area contributed by atoms with Gasteiger partial charge in [0.2, 0.25) is 0 Å². The number of aromatic nitrogens is 3. The first kappa shape index (κ1) is 20.7. The van der Waals surface area contributed by atoms with Crippen LogP contribution in [0.5, 0.6) is 0 Å². The minimum atomic E-state index is 0.813. The Hall–Kier alpha value is -2.65. The molecule has 0 aliphatic carbocycles. The molecule has 3 nitrogen and oxygen atoms in total. The molecule has 0 N–H and O–H groups in total. The van der Waals surface area contributed by atoms with Gasteiger partial charge >= 0.3 is 0 Å². The molecule has 0 saturated carbocycles. The van der Waals surface area contributed by atoms with Crippen LogP contribution in [-0.4, -0.2) is 14.5 Å². The fraction of sp³-hybridized carbons (Fsp3) is 0.217. The van der Waals surface area contributed by atoms with Gasteiger partial charge in [-0.3, -0.25) is 9.55 Å². The molecule has 140 valence electrons. The third kappa shape index (κ3) is 5.41. The maximum absolute atomic E-state index is 5.78. The number of rotatable bonds is 2. The summed E-state index contributed by atoms with van der Waals surface area (Å²) in [7, 11) is 0. The van der Waals surface area contributed by atoms with Gasteiger partial charge in [0.25, 0.3) is 0 Å². The van der Waals surface area contributed by atoms with E-state index in [1.54, 1.807) is 18.5 Å². The number of para-hydroxylation sites is 1. The van der Waals surface area contributed by atoms with Crippen molar-refractivity contribution in [2.24, 2.45) is 0 Å². The second-order valence-corrected chi connectivity index (χ2v) is 6.17. The third-order valence-electron chi connectivity index (χ3n) is 3.96. The fourth-order valence-electron chi connectivity index (χ4n) is 2.59. The van der Waals surface area contributed by atoms with Crippen LogP contribution in [0.3, 0.4) is 0 Å². The Bertz CT molecular complexity index is 962. The molecule has 4 aromatic rings. The van der Waals surface area contributed by atoms with Crippen molar-refractivity contribution in [3.8, 4) is 5.69 Å². The van der Waals surface area contributed by atoms with Crippen LogP contribution in [0.2, 0.25) is 5.02 Å². The van der Waals surface area contributed by atoms with E-state index in [1.807, 2.05) is 38.4 Å². The first-order valence-electron chi connectivity index (χ1n) is 9.26. The van der Waals surface area contributed by atoms with Crippen LogP contribution < -0.4 is 0 Å². The molecule has 0 radical (unpaired) electrons. The highest BCUT2D eigenvalue weighted by Crippen LogP contribution is 2.18. The van der Waals surface area contributed by atoms with E-state index in [-0.39, 0.29) is 0 Å². The van der Waals surface area contributed by atoms with Gasteiger partial charge in [-0.15, -0.1) is 0 Å². The molecule has 0 aliphatic rings. The average Bonchev–Trinajstić information content (AvgIpc) is 3.14. The average molecular weight is 380 g/mol. The standard InChI is InChI=1S/C14H12N2.C7H8ClN.C2H6/c1-11-7-8-14-13(9-11)15-10-16(14)12-5-3-2-4-6-12;1-2-6-5-9-4-3-7(6)8;1-2/h2-10H,1H3;3-5H,2H2,1H3;1-2H3. The van der Waals surface area contributed by atoms with Crippen LogP contribution in [0.1, 0.15) is 31.9 Å². The molecule has 4 heteroatoms. The summed E-state index contributed by atoms with van der Waals surface area (Å²) in [6.45, 7) is 8.14. The number of hydrogen-bond donors (Lipinski definition) is 0. The molecule has 2 heterocycles. The van der Waals surface area contributed by atoms with E-state index >= 15 is 0 Å². The molecule has 0 unspecified atom stereocenters. The molecule has 0 aliphatic heterocycles. The van der Waals surface area contributed by atoms with Gasteiger partial charge in [-0.25, -0.2) is 4.98 Å². The SMILES string of the molecule is CC.CCc1cnccc1Cl.Cc1ccc2c(c1)ncn2-c1ccccc1. The molecule has 0 spiro atoms. The van der Waals surface area contributed by atoms with Crippen LogP contribution >= 0.6 is 11.6 Å². The van der Waals surface area contributed by atoms with Crippen molar-refractivity contribution in [1.29, 1.82) is 0 Å². The minimum Gasteiger partial charge on any atom is -0.299 e. The highest BCUT2D eigenvalue weighted by Gasteiger charge is 2.03. The molecule has 0 bridgehead atoms. The fourth-order valence-corrected chi connectivity index (χ4v) is 2.83. The van der Waals surface area contributed by atoms with E-state index in [4.69, 9.17) is 11.6 Å². The lowest BCUT2D eigenvalue weighted by Crippen LogP contribution is -1.90. The van der Waals surface area contributed by atoms with Crippen molar-refractivity contribution in [3.05, 3.63) is 89.5 Å². The molecule has 2 aromatic heterocycles. The van der Waals surface area contributed by atoms with E-state index < -0.39 is 0 Å². The molecular weight excluding hydrogens is 354 g/mol. The highest BCUT2D eigenvalue weighted by atomic mass is 35.5. The first-order chi connectivity index (χ1) is 13.2. The van der Waals surface area contributed by atoms with E-state index in [2.05, 4.69) is 58.7 Å². The Morgan fingerprint density at radius 1 is 1.00 bits per heavy atom. The van der Waals surface area contributed by atoms with Crippen LogP contribution in [0.4, 0.5) is 0 Å². The molecule has 2 aromatic carbocycles. The summed E-state index contributed by atoms with van der Waals surface area (Å²) < 4.78 is 2.11. The Morgan fingerprint density at radius 3 is 2.37 bits per heavy atom. The smallest absolute Gasteiger partial charge is 0.100 e. The van der Waals surface area contributed by atoms with E-state index in [9.17, 15) is 0 Å². The van der Waals surface area contributed by atoms with Crippen LogP contribution in [-0.2, 0) is 6.42 Å². The molecule has 0 fully saturated rings. The van der Waals surface area contributed by atoms with Crippen molar-refractivity contribution < 1.29 is 0 Å². The van der Waals surface area contributed by atoms with Crippen LogP contribution in [0.15, 0.2) is 73.3 Å². The molecule has 27 heavy (non-hydrogen) atoms. The second-order valence-electron chi connectivity index (χ2n) is 5.76. The summed E-state index contributed by atoms with van der Waals surface area (Å²) in [6, 6.07) is 18.4. The summed E-state index contributed by atoms with van der Waals surface area (Å²) in [5.74, 6) is 0. The first-order valence-corrected chi connectivity index (χ1v) is 9.64. The predicted octanol–water partition coefficient (Wildman–Crippen LogP) is 6.66. The van der Waals surface area contributed by atoms with Crippen LogP contribution in [0.25, 0.3) is 16.7 Å². The van der Waals surface area contributed by atoms with Crippen molar-refractivity contribution in [1.82, 2.24) is 14.5 Å². The summed E-state index contributed by atoms with van der Waals surface area (Å²) in [6.07, 6.45) is 6.32. The molecule has 0 amide bonds. The summed E-state index contributed by atoms with van der Waals surface area (Å²) in [4.78, 5) is 8.35. The third-order valence-corrected chi connectivity index (χ3v) is 4.33. The van der Waals surface area contributed by atoms with Gasteiger partial charge < -0.3 is 0 Å². The molecule has 4 rings (SSSR count). The number of nitrogens with zero attached hydrogens (tertiary/aromatic N) is 3. The number of imidazole rings is 1. The lowest BCUT2D eigenvalue weighted by atomic mass is 10.2. The zero-order chi connectivity index (χ0) is 19.6. The van der Waals surface area contributed by atoms with Gasteiger partial charge in [-0.05, 0) is 54.8 Å². The normalized spacial score (nSPS) is 9.81. The van der Waals surface area contributed by atoms with Gasteiger partial charge in [-0.1, -0.05) is 56.6 Å². The highest BCUT2D eigenvalue weighted by molar-refractivity contribution is 6.31. The maximum Gasteiger partial charge on any atom is 0.100 e. The quantitative estimate of drug-likeness (QED) is 0.390. The largest absolute Gasteiger partial charge is 0.299 e. The van der Waals surface area contributed by atoms with Crippen molar-refractivity contribution >= 4 is 22.6 Å². The van der Waals surface area contributed by atoms with E-state index in [0.717, 1.165) is 33.7 Å². The Morgan fingerprint density at radius 2 is 1.74 bits per heavy atom. The van der Waals surface area contributed by atoms with Crippen LogP contribution in [0, 0.1) is 6.92 Å². The van der Waals surface area contributed by atoms with Gasteiger partial charge in [0.05, 0.1) is 11.0 Å². The van der Waals surface area contributed by atoms with E-state index in [1.165, 1.54) is 5.56 Å². The number of halogens is 1. The Kier molecular flexibility index (Phi) is 8.02. The zero-order valence-corrected chi connectivity index (χ0v) is 17.1. The van der Waals surface area contributed by atoms with Gasteiger partial charge in [0.15, 0.2) is 0 Å². The zero-order valence-electron chi connectivity index (χ0n) is 16.4. The molecule has 0 atom stereocenters.